The summed E-state index contributed by atoms with van der Waals surface area (Å²) < 4.78 is 4.86. The molecule has 0 bridgehead atoms. The molecular weight excluding hydrogens is 158 g/mol. The number of rotatable bonds is 3. The number of nitrogens with zero attached hydrogens (tertiary/aromatic N) is 1. The molecule has 1 heterocycles. The average molecular weight is 173 g/mol. The molecule has 1 aliphatic heterocycles. The largest absolute Gasteiger partial charge is 0.442 e. The van der Waals surface area contributed by atoms with Crippen molar-refractivity contribution in [2.45, 2.75) is 20.0 Å². The van der Waals surface area contributed by atoms with Crippen LogP contribution in [0, 0.1) is 5.92 Å². The van der Waals surface area contributed by atoms with E-state index in [0.29, 0.717) is 19.0 Å². The van der Waals surface area contributed by atoms with Gasteiger partial charge in [-0.05, 0) is 5.92 Å². The molecule has 1 atom stereocenters. The van der Waals surface area contributed by atoms with Gasteiger partial charge in [0.2, 0.25) is 0 Å². The van der Waals surface area contributed by atoms with E-state index in [4.69, 9.17) is 9.84 Å². The summed E-state index contributed by atoms with van der Waals surface area (Å²) in [6.07, 6.45) is -0.626. The minimum absolute atomic E-state index is 0.0830. The van der Waals surface area contributed by atoms with Crippen molar-refractivity contribution >= 4 is 6.09 Å². The highest BCUT2D eigenvalue weighted by atomic mass is 16.6. The lowest BCUT2D eigenvalue weighted by Crippen LogP contribution is -2.29. The fourth-order valence-corrected chi connectivity index (χ4v) is 1.26. The van der Waals surface area contributed by atoms with E-state index in [1.165, 1.54) is 0 Å². The molecular formula is C8H15NO3. The van der Waals surface area contributed by atoms with Crippen molar-refractivity contribution in [3.63, 3.8) is 0 Å². The molecule has 0 spiro atoms. The van der Waals surface area contributed by atoms with Gasteiger partial charge in [-0.25, -0.2) is 4.79 Å². The summed E-state index contributed by atoms with van der Waals surface area (Å²) in [5.74, 6) is 0.440. The van der Waals surface area contributed by atoms with Crippen LogP contribution >= 0.6 is 0 Å². The highest BCUT2D eigenvalue weighted by Gasteiger charge is 2.30. The summed E-state index contributed by atoms with van der Waals surface area (Å²) >= 11 is 0. The molecule has 0 aliphatic carbocycles. The molecule has 4 nitrogen and oxygen atoms in total. The first-order chi connectivity index (χ1) is 5.63. The Bertz CT molecular complexity index is 170. The second-order valence-corrected chi connectivity index (χ2v) is 3.49. The molecule has 1 rings (SSSR count). The summed E-state index contributed by atoms with van der Waals surface area (Å²) in [6.45, 7) is 5.22. The average Bonchev–Trinajstić information content (AvgIpc) is 2.31. The first-order valence-corrected chi connectivity index (χ1v) is 4.20. The van der Waals surface area contributed by atoms with Crippen molar-refractivity contribution in [2.24, 2.45) is 5.92 Å². The Labute approximate surface area is 72.1 Å². The van der Waals surface area contributed by atoms with E-state index in [1.54, 1.807) is 4.90 Å². The minimum Gasteiger partial charge on any atom is -0.442 e. The maximum atomic E-state index is 11.1. The van der Waals surface area contributed by atoms with E-state index in [0.717, 1.165) is 0 Å². The summed E-state index contributed by atoms with van der Waals surface area (Å²) in [4.78, 5) is 12.7. The van der Waals surface area contributed by atoms with Gasteiger partial charge in [0.15, 0.2) is 0 Å². The number of amides is 1. The highest BCUT2D eigenvalue weighted by molar-refractivity contribution is 5.69. The minimum atomic E-state index is -0.323. The molecule has 0 radical (unpaired) electrons. The van der Waals surface area contributed by atoms with Gasteiger partial charge in [0, 0.05) is 6.54 Å². The topological polar surface area (TPSA) is 49.8 Å². The van der Waals surface area contributed by atoms with E-state index >= 15 is 0 Å². The first kappa shape index (κ1) is 9.32. The Hall–Kier alpha value is -0.770. The third-order valence-electron chi connectivity index (χ3n) is 1.74. The van der Waals surface area contributed by atoms with Gasteiger partial charge < -0.3 is 14.7 Å². The maximum absolute atomic E-state index is 11.1. The Balaban J connectivity index is 2.41. The lowest BCUT2D eigenvalue weighted by molar-refractivity contribution is 0.0946. The van der Waals surface area contributed by atoms with Gasteiger partial charge in [0.1, 0.15) is 6.10 Å². The quantitative estimate of drug-likeness (QED) is 0.674. The summed E-state index contributed by atoms with van der Waals surface area (Å²) in [7, 11) is 0. The molecule has 1 aliphatic rings. The second-order valence-electron chi connectivity index (χ2n) is 3.49. The Morgan fingerprint density at radius 1 is 1.75 bits per heavy atom. The molecule has 1 fully saturated rings. The fraction of sp³-hybridized carbons (Fsp3) is 0.875. The SMILES string of the molecule is CC(C)CN1C[C@H](CO)OC1=O. The molecule has 1 amide bonds. The predicted molar refractivity (Wildman–Crippen MR) is 43.8 cm³/mol. The fourth-order valence-electron chi connectivity index (χ4n) is 1.26. The van der Waals surface area contributed by atoms with Crippen molar-refractivity contribution in [3.05, 3.63) is 0 Å². The zero-order valence-electron chi connectivity index (χ0n) is 7.49. The van der Waals surface area contributed by atoms with Gasteiger partial charge in [-0.2, -0.15) is 0 Å². The van der Waals surface area contributed by atoms with Gasteiger partial charge in [0.05, 0.1) is 13.2 Å². The Kier molecular flexibility index (Phi) is 2.92. The number of aliphatic hydroxyl groups is 1. The van der Waals surface area contributed by atoms with Gasteiger partial charge in [-0.1, -0.05) is 13.8 Å². The summed E-state index contributed by atoms with van der Waals surface area (Å²) in [5, 5.41) is 8.73. The summed E-state index contributed by atoms with van der Waals surface area (Å²) in [5.41, 5.74) is 0. The van der Waals surface area contributed by atoms with Crippen molar-refractivity contribution in [1.29, 1.82) is 0 Å². The van der Waals surface area contributed by atoms with E-state index in [9.17, 15) is 4.79 Å². The summed E-state index contributed by atoms with van der Waals surface area (Å²) in [6, 6.07) is 0. The van der Waals surface area contributed by atoms with Crippen molar-refractivity contribution in [2.75, 3.05) is 19.7 Å². The van der Waals surface area contributed by atoms with Crippen LogP contribution in [0.25, 0.3) is 0 Å². The smallest absolute Gasteiger partial charge is 0.410 e. The van der Waals surface area contributed by atoms with Crippen LogP contribution in [0.3, 0.4) is 0 Å². The van der Waals surface area contributed by atoms with Crippen LogP contribution in [-0.4, -0.2) is 41.9 Å². The number of aliphatic hydroxyl groups excluding tert-OH is 1. The molecule has 70 valence electrons. The molecule has 1 N–H and O–H groups in total. The van der Waals surface area contributed by atoms with Crippen molar-refractivity contribution in [3.8, 4) is 0 Å². The highest BCUT2D eigenvalue weighted by Crippen LogP contribution is 2.12. The zero-order chi connectivity index (χ0) is 9.14. The second kappa shape index (κ2) is 3.76. The number of carbonyl (C=O) groups excluding carboxylic acids is 1. The third kappa shape index (κ3) is 2.11. The monoisotopic (exact) mass is 173 g/mol. The normalized spacial score (nSPS) is 23.5. The van der Waals surface area contributed by atoms with Crippen LogP contribution in [0.2, 0.25) is 0 Å². The number of cyclic esters (lactones) is 1. The third-order valence-corrected chi connectivity index (χ3v) is 1.74. The van der Waals surface area contributed by atoms with E-state index < -0.39 is 0 Å². The van der Waals surface area contributed by atoms with Crippen LogP contribution in [-0.2, 0) is 4.74 Å². The van der Waals surface area contributed by atoms with Crippen molar-refractivity contribution in [1.82, 2.24) is 4.90 Å². The van der Waals surface area contributed by atoms with E-state index in [-0.39, 0.29) is 18.8 Å². The first-order valence-electron chi connectivity index (χ1n) is 4.20. The van der Waals surface area contributed by atoms with Crippen LogP contribution in [0.15, 0.2) is 0 Å². The predicted octanol–water partition coefficient (Wildman–Crippen LogP) is 0.456. The molecule has 0 saturated carbocycles. The molecule has 0 aromatic carbocycles. The molecule has 12 heavy (non-hydrogen) atoms. The molecule has 0 unspecified atom stereocenters. The van der Waals surface area contributed by atoms with E-state index in [2.05, 4.69) is 0 Å². The van der Waals surface area contributed by atoms with Gasteiger partial charge in [0.25, 0.3) is 0 Å². The van der Waals surface area contributed by atoms with Crippen LogP contribution < -0.4 is 0 Å². The van der Waals surface area contributed by atoms with Crippen LogP contribution in [0.4, 0.5) is 4.79 Å². The molecule has 0 aromatic rings. The van der Waals surface area contributed by atoms with E-state index in [1.807, 2.05) is 13.8 Å². The van der Waals surface area contributed by atoms with Gasteiger partial charge in [-0.15, -0.1) is 0 Å². The standard InChI is InChI=1S/C8H15NO3/c1-6(2)3-9-4-7(5-10)12-8(9)11/h6-7,10H,3-5H2,1-2H3/t7-/m1/s1. The lowest BCUT2D eigenvalue weighted by Gasteiger charge is -2.14. The number of ether oxygens (including phenoxy) is 1. The van der Waals surface area contributed by atoms with Gasteiger partial charge in [-0.3, -0.25) is 0 Å². The Morgan fingerprint density at radius 3 is 2.83 bits per heavy atom. The number of hydrogen-bond donors (Lipinski definition) is 1. The molecule has 4 heteroatoms. The Morgan fingerprint density at radius 2 is 2.42 bits per heavy atom. The van der Waals surface area contributed by atoms with Crippen LogP contribution in [0.1, 0.15) is 13.8 Å². The molecule has 0 aromatic heterocycles. The van der Waals surface area contributed by atoms with Crippen LogP contribution in [0.5, 0.6) is 0 Å². The number of carbonyl (C=O) groups is 1. The van der Waals surface area contributed by atoms with Gasteiger partial charge >= 0.3 is 6.09 Å². The lowest BCUT2D eigenvalue weighted by atomic mass is 10.2. The zero-order valence-corrected chi connectivity index (χ0v) is 7.49. The van der Waals surface area contributed by atoms with Crippen molar-refractivity contribution < 1.29 is 14.6 Å². The maximum Gasteiger partial charge on any atom is 0.410 e. The molecule has 1 saturated heterocycles. The number of hydrogen-bond acceptors (Lipinski definition) is 3.